The molecule has 1 atom stereocenters. The molecule has 1 aromatic rings. The van der Waals surface area contributed by atoms with E-state index < -0.39 is 47.4 Å². The Balaban J connectivity index is 2.90. The molecule has 0 aliphatic heterocycles. The van der Waals surface area contributed by atoms with E-state index >= 15 is 0 Å². The maximum absolute atomic E-state index is 13.3. The van der Waals surface area contributed by atoms with E-state index in [2.05, 4.69) is 0 Å². The first-order chi connectivity index (χ1) is 8.81. The average molecular weight is 272 g/mol. The minimum atomic E-state index is -1.60. The molecule has 0 saturated carbocycles. The second kappa shape index (κ2) is 5.89. The highest BCUT2D eigenvalue weighted by Crippen LogP contribution is 2.10. The number of nitrogens with two attached hydrogens (primary N) is 1. The Morgan fingerprint density at radius 3 is 2.47 bits per heavy atom. The Morgan fingerprint density at radius 1 is 1.32 bits per heavy atom. The number of aliphatic carboxylic acids is 1. The van der Waals surface area contributed by atoms with Gasteiger partial charge in [0.05, 0.1) is 12.0 Å². The van der Waals surface area contributed by atoms with Crippen LogP contribution in [0.1, 0.15) is 16.8 Å². The topological polar surface area (TPSA) is 109 Å². The molecule has 2 amide bonds. The van der Waals surface area contributed by atoms with Crippen LogP contribution < -0.4 is 11.1 Å². The highest BCUT2D eigenvalue weighted by Gasteiger charge is 2.24. The third-order valence-electron chi connectivity index (χ3n) is 2.18. The van der Waals surface area contributed by atoms with Crippen molar-refractivity contribution in [1.29, 1.82) is 0 Å². The fraction of sp³-hybridized carbons (Fsp3) is 0.182. The molecule has 0 saturated heterocycles. The number of carboxylic acids is 1. The molecule has 0 fully saturated rings. The van der Waals surface area contributed by atoms with E-state index in [0.29, 0.717) is 6.07 Å². The van der Waals surface area contributed by atoms with E-state index in [1.807, 2.05) is 5.32 Å². The monoisotopic (exact) mass is 272 g/mol. The second-order valence-electron chi connectivity index (χ2n) is 3.66. The molecule has 0 bridgehead atoms. The lowest BCUT2D eigenvalue weighted by Gasteiger charge is -2.13. The van der Waals surface area contributed by atoms with Crippen molar-refractivity contribution in [2.75, 3.05) is 0 Å². The van der Waals surface area contributed by atoms with Crippen molar-refractivity contribution in [3.63, 3.8) is 0 Å². The first kappa shape index (κ1) is 14.6. The van der Waals surface area contributed by atoms with Crippen LogP contribution in [0, 0.1) is 11.6 Å². The standard InChI is InChI=1S/C11H10F2N2O4/c12-5-1-2-7(13)6(3-5)10(17)15-8(11(18)19)4-9(14)16/h1-3,8H,4H2,(H2,14,16)(H,15,17)(H,18,19). The van der Waals surface area contributed by atoms with E-state index in [4.69, 9.17) is 10.8 Å². The van der Waals surface area contributed by atoms with Gasteiger partial charge in [0.25, 0.3) is 5.91 Å². The molecule has 0 heterocycles. The molecular weight excluding hydrogens is 262 g/mol. The zero-order valence-corrected chi connectivity index (χ0v) is 9.52. The van der Waals surface area contributed by atoms with E-state index in [-0.39, 0.29) is 0 Å². The lowest BCUT2D eigenvalue weighted by molar-refractivity contribution is -0.140. The number of primary amides is 1. The molecule has 1 rings (SSSR count). The molecule has 6 nitrogen and oxygen atoms in total. The summed E-state index contributed by atoms with van der Waals surface area (Å²) in [7, 11) is 0. The van der Waals surface area contributed by atoms with Crippen molar-refractivity contribution < 1.29 is 28.3 Å². The third kappa shape index (κ3) is 4.02. The van der Waals surface area contributed by atoms with E-state index in [9.17, 15) is 23.2 Å². The van der Waals surface area contributed by atoms with Gasteiger partial charge in [-0.25, -0.2) is 13.6 Å². The minimum absolute atomic E-state index is 0.619. The largest absolute Gasteiger partial charge is 0.480 e. The summed E-state index contributed by atoms with van der Waals surface area (Å²) in [5, 5.41) is 10.6. The van der Waals surface area contributed by atoms with Crippen LogP contribution in [0.25, 0.3) is 0 Å². The molecule has 0 radical (unpaired) electrons. The summed E-state index contributed by atoms with van der Waals surface area (Å²) in [5.74, 6) is -5.47. The summed E-state index contributed by atoms with van der Waals surface area (Å²) in [6.07, 6.45) is -0.655. The maximum atomic E-state index is 13.3. The van der Waals surface area contributed by atoms with Crippen LogP contribution in [-0.2, 0) is 9.59 Å². The molecule has 8 heteroatoms. The number of carboxylic acid groups (broad SMARTS) is 1. The van der Waals surface area contributed by atoms with E-state index in [1.165, 1.54) is 0 Å². The van der Waals surface area contributed by atoms with Gasteiger partial charge in [0.15, 0.2) is 0 Å². The van der Waals surface area contributed by atoms with Crippen LogP contribution >= 0.6 is 0 Å². The van der Waals surface area contributed by atoms with Gasteiger partial charge in [-0.15, -0.1) is 0 Å². The number of halogens is 2. The predicted molar refractivity (Wildman–Crippen MR) is 59.1 cm³/mol. The van der Waals surface area contributed by atoms with Gasteiger partial charge in [0.2, 0.25) is 5.91 Å². The number of amides is 2. The fourth-order valence-corrected chi connectivity index (χ4v) is 1.31. The van der Waals surface area contributed by atoms with Crippen molar-refractivity contribution in [2.45, 2.75) is 12.5 Å². The summed E-state index contributed by atoms with van der Waals surface area (Å²) >= 11 is 0. The quantitative estimate of drug-likeness (QED) is 0.702. The van der Waals surface area contributed by atoms with Crippen molar-refractivity contribution in [3.05, 3.63) is 35.4 Å². The first-order valence-electron chi connectivity index (χ1n) is 5.08. The summed E-state index contributed by atoms with van der Waals surface area (Å²) in [6, 6.07) is 0.555. The zero-order valence-electron chi connectivity index (χ0n) is 9.52. The third-order valence-corrected chi connectivity index (χ3v) is 2.18. The number of hydrogen-bond donors (Lipinski definition) is 3. The van der Waals surface area contributed by atoms with Gasteiger partial charge in [-0.2, -0.15) is 0 Å². The SMILES string of the molecule is NC(=O)CC(NC(=O)c1cc(F)ccc1F)C(=O)O. The van der Waals surface area contributed by atoms with Gasteiger partial charge in [-0.05, 0) is 18.2 Å². The zero-order chi connectivity index (χ0) is 14.6. The van der Waals surface area contributed by atoms with Gasteiger partial charge in [0, 0.05) is 0 Å². The number of nitrogens with one attached hydrogen (secondary N) is 1. The lowest BCUT2D eigenvalue weighted by Crippen LogP contribution is -2.43. The lowest BCUT2D eigenvalue weighted by atomic mass is 10.1. The van der Waals surface area contributed by atoms with Crippen LogP contribution in [0.2, 0.25) is 0 Å². The molecule has 19 heavy (non-hydrogen) atoms. The average Bonchev–Trinajstić information content (AvgIpc) is 2.30. The molecule has 0 aliphatic rings. The van der Waals surface area contributed by atoms with E-state index in [1.54, 1.807) is 0 Å². The Hall–Kier alpha value is -2.51. The molecule has 0 aliphatic carbocycles. The van der Waals surface area contributed by atoms with Crippen LogP contribution in [0.3, 0.4) is 0 Å². The van der Waals surface area contributed by atoms with Crippen molar-refractivity contribution in [2.24, 2.45) is 5.73 Å². The van der Waals surface area contributed by atoms with Crippen molar-refractivity contribution in [1.82, 2.24) is 5.32 Å². The summed E-state index contributed by atoms with van der Waals surface area (Å²) in [4.78, 5) is 33.0. The molecule has 0 aromatic heterocycles. The second-order valence-corrected chi connectivity index (χ2v) is 3.66. The van der Waals surface area contributed by atoms with Gasteiger partial charge in [-0.1, -0.05) is 0 Å². The van der Waals surface area contributed by atoms with Gasteiger partial charge >= 0.3 is 5.97 Å². The predicted octanol–water partition coefficient (Wildman–Crippen LogP) is 0.0232. The number of hydrogen-bond acceptors (Lipinski definition) is 3. The molecular formula is C11H10F2N2O4. The maximum Gasteiger partial charge on any atom is 0.326 e. The Kier molecular flexibility index (Phi) is 4.51. The Morgan fingerprint density at radius 2 is 1.95 bits per heavy atom. The van der Waals surface area contributed by atoms with E-state index in [0.717, 1.165) is 12.1 Å². The molecule has 1 aromatic carbocycles. The van der Waals surface area contributed by atoms with Crippen molar-refractivity contribution >= 4 is 17.8 Å². The van der Waals surface area contributed by atoms with Crippen LogP contribution in [0.4, 0.5) is 8.78 Å². The minimum Gasteiger partial charge on any atom is -0.480 e. The fourth-order valence-electron chi connectivity index (χ4n) is 1.31. The van der Waals surface area contributed by atoms with Gasteiger partial charge in [0.1, 0.15) is 17.7 Å². The smallest absolute Gasteiger partial charge is 0.326 e. The highest BCUT2D eigenvalue weighted by atomic mass is 19.1. The number of benzene rings is 1. The Labute approximate surface area is 106 Å². The van der Waals surface area contributed by atoms with Crippen LogP contribution in [0.15, 0.2) is 18.2 Å². The van der Waals surface area contributed by atoms with Crippen LogP contribution in [0.5, 0.6) is 0 Å². The molecule has 102 valence electrons. The summed E-state index contributed by atoms with van der Waals surface area (Å²) in [6.45, 7) is 0. The molecule has 0 spiro atoms. The highest BCUT2D eigenvalue weighted by molar-refractivity contribution is 5.97. The Bertz CT molecular complexity index is 533. The number of carbonyl (C=O) groups is 3. The summed E-state index contributed by atoms with van der Waals surface area (Å²) in [5.41, 5.74) is 4.16. The van der Waals surface area contributed by atoms with Gasteiger partial charge in [-0.3, -0.25) is 9.59 Å². The number of carbonyl (C=O) groups excluding carboxylic acids is 2. The summed E-state index contributed by atoms with van der Waals surface area (Å²) < 4.78 is 26.1. The van der Waals surface area contributed by atoms with Crippen LogP contribution in [-0.4, -0.2) is 28.9 Å². The first-order valence-corrected chi connectivity index (χ1v) is 5.08. The molecule has 4 N–H and O–H groups in total. The number of rotatable bonds is 5. The van der Waals surface area contributed by atoms with Crippen molar-refractivity contribution in [3.8, 4) is 0 Å². The van der Waals surface area contributed by atoms with Gasteiger partial charge < -0.3 is 16.2 Å². The normalized spacial score (nSPS) is 11.7. The molecule has 1 unspecified atom stereocenters.